The number of rotatable bonds is 0. The fourth-order valence-electron chi connectivity index (χ4n) is 2.10. The fourth-order valence-corrected chi connectivity index (χ4v) is 2.10. The van der Waals surface area contributed by atoms with Gasteiger partial charge in [-0.1, -0.05) is 12.1 Å². The van der Waals surface area contributed by atoms with E-state index in [9.17, 15) is 4.79 Å². The maximum Gasteiger partial charge on any atom is 0.232 e. The molecular weight excluding hydrogens is 192 g/mol. The lowest BCUT2D eigenvalue weighted by Crippen LogP contribution is -2.33. The summed E-state index contributed by atoms with van der Waals surface area (Å²) >= 11 is 0. The van der Waals surface area contributed by atoms with Crippen LogP contribution in [0.5, 0.6) is 0 Å². The van der Waals surface area contributed by atoms with Gasteiger partial charge in [0.1, 0.15) is 0 Å². The van der Waals surface area contributed by atoms with Gasteiger partial charge in [-0.3, -0.25) is 4.79 Å². The molecule has 2 atom stereocenters. The molecule has 2 N–H and O–H groups in total. The average molecular weight is 204 g/mol. The maximum atomic E-state index is 11.8. The number of hydrogen-bond donors (Lipinski definition) is 2. The molecule has 3 rings (SSSR count). The standard InChI is InChI=1S/C11H12N2O2/c14-11-7-5-15-6-10(7)12-8-3-1-2-4-9(8)13-11/h1-4,7,10,12H,5-6H2,(H,13,14). The average Bonchev–Trinajstić information content (AvgIpc) is 2.64. The lowest BCUT2D eigenvalue weighted by atomic mass is 10.0. The van der Waals surface area contributed by atoms with Crippen LogP contribution in [-0.2, 0) is 9.53 Å². The van der Waals surface area contributed by atoms with E-state index in [1.165, 1.54) is 0 Å². The Morgan fingerprint density at radius 2 is 2.00 bits per heavy atom. The SMILES string of the molecule is O=C1Nc2ccccc2NC2COCC12. The molecule has 15 heavy (non-hydrogen) atoms. The first-order valence-corrected chi connectivity index (χ1v) is 5.09. The van der Waals surface area contributed by atoms with Gasteiger partial charge in [-0.15, -0.1) is 0 Å². The number of anilines is 2. The third-order valence-electron chi connectivity index (χ3n) is 2.94. The molecule has 0 bridgehead atoms. The molecular formula is C11H12N2O2. The number of ether oxygens (including phenoxy) is 1. The van der Waals surface area contributed by atoms with Crippen LogP contribution in [0.2, 0.25) is 0 Å². The van der Waals surface area contributed by atoms with Gasteiger partial charge in [0.15, 0.2) is 0 Å². The molecule has 1 aromatic rings. The van der Waals surface area contributed by atoms with Crippen LogP contribution in [0.4, 0.5) is 11.4 Å². The Morgan fingerprint density at radius 1 is 1.20 bits per heavy atom. The van der Waals surface area contributed by atoms with Gasteiger partial charge in [-0.25, -0.2) is 0 Å². The van der Waals surface area contributed by atoms with Crippen molar-refractivity contribution in [1.29, 1.82) is 0 Å². The van der Waals surface area contributed by atoms with Crippen molar-refractivity contribution in [3.05, 3.63) is 24.3 Å². The highest BCUT2D eigenvalue weighted by Crippen LogP contribution is 2.29. The Balaban J connectivity index is 2.00. The molecule has 4 nitrogen and oxygen atoms in total. The molecule has 2 aliphatic rings. The molecule has 4 heteroatoms. The number of hydrogen-bond acceptors (Lipinski definition) is 3. The second-order valence-electron chi connectivity index (χ2n) is 3.93. The van der Waals surface area contributed by atoms with Crippen LogP contribution in [0.3, 0.4) is 0 Å². The first-order valence-electron chi connectivity index (χ1n) is 5.09. The van der Waals surface area contributed by atoms with Crippen molar-refractivity contribution in [2.24, 2.45) is 5.92 Å². The molecule has 0 aliphatic carbocycles. The van der Waals surface area contributed by atoms with Crippen molar-refractivity contribution in [1.82, 2.24) is 0 Å². The van der Waals surface area contributed by atoms with Crippen molar-refractivity contribution < 1.29 is 9.53 Å². The molecule has 1 saturated heterocycles. The summed E-state index contributed by atoms with van der Waals surface area (Å²) in [5, 5.41) is 6.26. The van der Waals surface area contributed by atoms with E-state index in [4.69, 9.17) is 4.74 Å². The van der Waals surface area contributed by atoms with E-state index in [0.717, 1.165) is 11.4 Å². The number of carbonyl (C=O) groups is 1. The molecule has 0 aromatic heterocycles. The maximum absolute atomic E-state index is 11.8. The predicted molar refractivity (Wildman–Crippen MR) is 56.8 cm³/mol. The largest absolute Gasteiger partial charge is 0.378 e. The highest BCUT2D eigenvalue weighted by molar-refractivity contribution is 5.98. The highest BCUT2D eigenvalue weighted by Gasteiger charge is 2.36. The first kappa shape index (κ1) is 8.73. The number of nitrogens with one attached hydrogen (secondary N) is 2. The number of para-hydroxylation sites is 2. The lowest BCUT2D eigenvalue weighted by molar-refractivity contribution is -0.119. The zero-order valence-corrected chi connectivity index (χ0v) is 8.19. The van der Waals surface area contributed by atoms with E-state index in [2.05, 4.69) is 10.6 Å². The molecule has 0 saturated carbocycles. The van der Waals surface area contributed by atoms with Crippen LogP contribution >= 0.6 is 0 Å². The van der Waals surface area contributed by atoms with Gasteiger partial charge in [0.05, 0.1) is 36.5 Å². The molecule has 1 fully saturated rings. The van der Waals surface area contributed by atoms with Crippen LogP contribution in [0.15, 0.2) is 24.3 Å². The Hall–Kier alpha value is -1.55. The van der Waals surface area contributed by atoms with Crippen molar-refractivity contribution >= 4 is 17.3 Å². The second kappa shape index (κ2) is 3.24. The molecule has 1 aromatic carbocycles. The summed E-state index contributed by atoms with van der Waals surface area (Å²) in [6.45, 7) is 1.11. The molecule has 2 heterocycles. The molecule has 0 radical (unpaired) electrons. The quantitative estimate of drug-likeness (QED) is 0.664. The zero-order valence-electron chi connectivity index (χ0n) is 8.19. The smallest absolute Gasteiger partial charge is 0.232 e. The van der Waals surface area contributed by atoms with Crippen LogP contribution in [0, 0.1) is 5.92 Å². The van der Waals surface area contributed by atoms with Crippen molar-refractivity contribution in [2.45, 2.75) is 6.04 Å². The van der Waals surface area contributed by atoms with E-state index >= 15 is 0 Å². The van der Waals surface area contributed by atoms with Crippen molar-refractivity contribution in [3.63, 3.8) is 0 Å². The summed E-state index contributed by atoms with van der Waals surface area (Å²) in [7, 11) is 0. The molecule has 2 unspecified atom stereocenters. The van der Waals surface area contributed by atoms with Gasteiger partial charge in [0.2, 0.25) is 5.91 Å². The second-order valence-corrected chi connectivity index (χ2v) is 3.93. The van der Waals surface area contributed by atoms with E-state index in [1.54, 1.807) is 0 Å². The van der Waals surface area contributed by atoms with Crippen molar-refractivity contribution in [2.75, 3.05) is 23.8 Å². The minimum atomic E-state index is -0.0719. The number of amides is 1. The van der Waals surface area contributed by atoms with E-state index in [0.29, 0.717) is 13.2 Å². The van der Waals surface area contributed by atoms with E-state index in [1.807, 2.05) is 24.3 Å². The fraction of sp³-hybridized carbons (Fsp3) is 0.364. The number of fused-ring (bicyclic) bond motifs is 2. The Kier molecular flexibility index (Phi) is 1.89. The third-order valence-corrected chi connectivity index (χ3v) is 2.94. The minimum absolute atomic E-state index is 0.0509. The lowest BCUT2D eigenvalue weighted by Gasteiger charge is -2.14. The van der Waals surface area contributed by atoms with Gasteiger partial charge >= 0.3 is 0 Å². The zero-order chi connectivity index (χ0) is 10.3. The van der Waals surface area contributed by atoms with E-state index < -0.39 is 0 Å². The van der Waals surface area contributed by atoms with E-state index in [-0.39, 0.29) is 17.9 Å². The summed E-state index contributed by atoms with van der Waals surface area (Å²) in [6.07, 6.45) is 0. The van der Waals surface area contributed by atoms with Gasteiger partial charge in [-0.2, -0.15) is 0 Å². The van der Waals surface area contributed by atoms with Gasteiger partial charge in [0.25, 0.3) is 0 Å². The van der Waals surface area contributed by atoms with Crippen molar-refractivity contribution in [3.8, 4) is 0 Å². The topological polar surface area (TPSA) is 50.4 Å². The number of benzene rings is 1. The van der Waals surface area contributed by atoms with Crippen LogP contribution in [0.25, 0.3) is 0 Å². The summed E-state index contributed by atoms with van der Waals surface area (Å²) in [5.41, 5.74) is 1.83. The highest BCUT2D eigenvalue weighted by atomic mass is 16.5. The first-order chi connectivity index (χ1) is 7.34. The molecule has 78 valence electrons. The van der Waals surface area contributed by atoms with Crippen LogP contribution < -0.4 is 10.6 Å². The Labute approximate surface area is 87.6 Å². The molecule has 0 spiro atoms. The summed E-state index contributed by atoms with van der Waals surface area (Å²) in [6, 6.07) is 7.85. The summed E-state index contributed by atoms with van der Waals surface area (Å²) in [4.78, 5) is 11.8. The Morgan fingerprint density at radius 3 is 2.87 bits per heavy atom. The monoisotopic (exact) mass is 204 g/mol. The Bertz CT molecular complexity index is 405. The summed E-state index contributed by atoms with van der Waals surface area (Å²) in [5.74, 6) is -0.0210. The third kappa shape index (κ3) is 1.37. The number of carbonyl (C=O) groups excluding carboxylic acids is 1. The summed E-state index contributed by atoms with van der Waals surface area (Å²) < 4.78 is 5.31. The minimum Gasteiger partial charge on any atom is -0.378 e. The molecule has 2 aliphatic heterocycles. The normalized spacial score (nSPS) is 28.4. The van der Waals surface area contributed by atoms with Gasteiger partial charge in [-0.05, 0) is 12.1 Å². The molecule has 1 amide bonds. The van der Waals surface area contributed by atoms with Gasteiger partial charge < -0.3 is 15.4 Å². The van der Waals surface area contributed by atoms with Gasteiger partial charge in [0, 0.05) is 0 Å². The predicted octanol–water partition coefficient (Wildman–Crippen LogP) is 1.07. The van der Waals surface area contributed by atoms with Crippen LogP contribution in [0.1, 0.15) is 0 Å². The van der Waals surface area contributed by atoms with Crippen LogP contribution in [-0.4, -0.2) is 25.2 Å².